The van der Waals surface area contributed by atoms with Gasteiger partial charge in [0.25, 0.3) is 0 Å². The molecule has 0 aliphatic carbocycles. The quantitative estimate of drug-likeness (QED) is 0.248. The molecule has 0 fully saturated rings. The van der Waals surface area contributed by atoms with Crippen LogP contribution in [0.15, 0.2) is 0 Å². The molecule has 8 heavy (non-hydrogen) atoms. The third-order valence-corrected chi connectivity index (χ3v) is 1.06. The van der Waals surface area contributed by atoms with E-state index in [-0.39, 0.29) is 4.83 Å². The molecule has 0 saturated carbocycles. The van der Waals surface area contributed by atoms with Crippen molar-refractivity contribution >= 4 is 14.1 Å². The SMILES string of the molecule is NC(=O)N(O)[PH](N)=O. The first-order valence-electron chi connectivity index (χ1n) is 1.63. The van der Waals surface area contributed by atoms with Crippen molar-refractivity contribution in [3.63, 3.8) is 0 Å². The summed E-state index contributed by atoms with van der Waals surface area (Å²) >= 11 is 0. The summed E-state index contributed by atoms with van der Waals surface area (Å²) in [4.78, 5) is 9.58. The maximum atomic E-state index is 9.92. The Morgan fingerprint density at radius 3 is 2.12 bits per heavy atom. The molecule has 1 unspecified atom stereocenters. The Hall–Kier alpha value is -0.580. The van der Waals surface area contributed by atoms with Gasteiger partial charge in [-0.25, -0.2) is 4.79 Å². The molecule has 2 amide bonds. The van der Waals surface area contributed by atoms with Gasteiger partial charge < -0.3 is 5.73 Å². The molecular formula is CH6N3O3P. The fourth-order valence-electron chi connectivity index (χ4n) is 0.109. The molecule has 0 aliphatic rings. The van der Waals surface area contributed by atoms with Gasteiger partial charge in [0.15, 0.2) is 0 Å². The predicted molar refractivity (Wildman–Crippen MR) is 26.4 cm³/mol. The van der Waals surface area contributed by atoms with Gasteiger partial charge in [0, 0.05) is 0 Å². The van der Waals surface area contributed by atoms with Gasteiger partial charge in [0.1, 0.15) is 0 Å². The number of amides is 2. The third kappa shape index (κ3) is 1.92. The highest BCUT2D eigenvalue weighted by Gasteiger charge is 2.07. The smallest absolute Gasteiger partial charge is 0.345 e. The van der Waals surface area contributed by atoms with E-state index in [0.29, 0.717) is 0 Å². The Morgan fingerprint density at radius 2 is 2.12 bits per heavy atom. The van der Waals surface area contributed by atoms with Crippen LogP contribution in [-0.2, 0) is 4.57 Å². The van der Waals surface area contributed by atoms with Gasteiger partial charge in [0.2, 0.25) is 8.10 Å². The zero-order valence-corrected chi connectivity index (χ0v) is 4.87. The Kier molecular flexibility index (Phi) is 2.47. The van der Waals surface area contributed by atoms with Crippen molar-refractivity contribution in [2.45, 2.75) is 0 Å². The van der Waals surface area contributed by atoms with Crippen molar-refractivity contribution in [3.05, 3.63) is 0 Å². The molecular weight excluding hydrogens is 133 g/mol. The lowest BCUT2D eigenvalue weighted by molar-refractivity contribution is 0.0470. The highest BCUT2D eigenvalue weighted by Crippen LogP contribution is 2.11. The van der Waals surface area contributed by atoms with E-state index in [2.05, 4.69) is 11.2 Å². The van der Waals surface area contributed by atoms with Gasteiger partial charge in [0.05, 0.1) is 0 Å². The number of hydrogen-bond donors (Lipinski definition) is 3. The van der Waals surface area contributed by atoms with Crippen LogP contribution in [0, 0.1) is 0 Å². The van der Waals surface area contributed by atoms with Crippen LogP contribution in [0.25, 0.3) is 0 Å². The van der Waals surface area contributed by atoms with Crippen molar-refractivity contribution in [3.8, 4) is 0 Å². The fourth-order valence-corrected chi connectivity index (χ4v) is 0.326. The van der Waals surface area contributed by atoms with Crippen LogP contribution in [0.4, 0.5) is 4.79 Å². The molecule has 6 nitrogen and oxygen atoms in total. The van der Waals surface area contributed by atoms with Crippen LogP contribution in [0.1, 0.15) is 0 Å². The summed E-state index contributed by atoms with van der Waals surface area (Å²) in [5.74, 6) is 0. The summed E-state index contributed by atoms with van der Waals surface area (Å²) < 4.78 is 9.92. The van der Waals surface area contributed by atoms with E-state index in [1.165, 1.54) is 0 Å². The molecule has 0 rings (SSSR count). The molecule has 48 valence electrons. The summed E-state index contributed by atoms with van der Waals surface area (Å²) in [7, 11) is -2.85. The van der Waals surface area contributed by atoms with Crippen LogP contribution in [0.3, 0.4) is 0 Å². The summed E-state index contributed by atoms with van der Waals surface area (Å²) in [6.45, 7) is 0. The third-order valence-electron chi connectivity index (χ3n) is 0.418. The van der Waals surface area contributed by atoms with Gasteiger partial charge in [-0.15, -0.1) is 4.83 Å². The maximum absolute atomic E-state index is 9.92. The lowest BCUT2D eigenvalue weighted by Gasteiger charge is -2.05. The molecule has 0 aliphatic heterocycles. The highest BCUT2D eigenvalue weighted by molar-refractivity contribution is 7.39. The van der Waals surface area contributed by atoms with Gasteiger partial charge in [-0.3, -0.25) is 15.3 Å². The average molecular weight is 139 g/mol. The zero-order valence-electron chi connectivity index (χ0n) is 3.87. The van der Waals surface area contributed by atoms with Crippen LogP contribution < -0.4 is 11.2 Å². The number of nitrogens with two attached hydrogens (primary N) is 2. The molecule has 0 bridgehead atoms. The van der Waals surface area contributed by atoms with Gasteiger partial charge >= 0.3 is 6.03 Å². The maximum Gasteiger partial charge on any atom is 0.345 e. The molecule has 0 saturated heterocycles. The molecule has 1 atom stereocenters. The van der Waals surface area contributed by atoms with Crippen molar-refractivity contribution in [1.82, 2.24) is 4.83 Å². The number of urea groups is 1. The van der Waals surface area contributed by atoms with E-state index >= 15 is 0 Å². The molecule has 0 spiro atoms. The minimum atomic E-state index is -2.85. The minimum Gasteiger partial charge on any atom is -0.349 e. The largest absolute Gasteiger partial charge is 0.349 e. The Labute approximate surface area is 45.9 Å². The van der Waals surface area contributed by atoms with E-state index in [1.54, 1.807) is 0 Å². The van der Waals surface area contributed by atoms with E-state index in [1.807, 2.05) is 0 Å². The summed E-state index contributed by atoms with van der Waals surface area (Å²) in [6, 6.07) is -1.21. The second kappa shape index (κ2) is 2.66. The lowest BCUT2D eigenvalue weighted by atomic mass is 11.2. The molecule has 7 heteroatoms. The zero-order chi connectivity index (χ0) is 6.73. The van der Waals surface area contributed by atoms with Crippen LogP contribution in [0.5, 0.6) is 0 Å². The number of carbonyl (C=O) groups is 1. The van der Waals surface area contributed by atoms with Crippen LogP contribution >= 0.6 is 8.10 Å². The second-order valence-corrected chi connectivity index (χ2v) is 2.09. The van der Waals surface area contributed by atoms with Gasteiger partial charge in [-0.2, -0.15) is 0 Å². The average Bonchev–Trinajstić information content (AvgIpc) is 1.64. The van der Waals surface area contributed by atoms with Gasteiger partial charge in [-0.05, 0) is 0 Å². The number of hydrogen-bond acceptors (Lipinski definition) is 3. The fraction of sp³-hybridized carbons (Fsp3) is 0. The minimum absolute atomic E-state index is 0.204. The van der Waals surface area contributed by atoms with E-state index in [9.17, 15) is 9.36 Å². The number of primary amides is 1. The Bertz CT molecular complexity index is 110. The van der Waals surface area contributed by atoms with Crippen LogP contribution in [-0.4, -0.2) is 16.1 Å². The molecule has 0 aromatic heterocycles. The standard InChI is InChI=1S/CH6N3O3P/c2-1(5)4(6)8(3)7/h6,8H,(H2,2,5)(H2,3,7). The topological polar surface area (TPSA) is 110 Å². The second-order valence-electron chi connectivity index (χ2n) is 0.988. The highest BCUT2D eigenvalue weighted by atomic mass is 31.1. The summed E-state index contributed by atoms with van der Waals surface area (Å²) in [6.07, 6.45) is 0. The number of hydroxylamine groups is 1. The molecule has 0 radical (unpaired) electrons. The first kappa shape index (κ1) is 7.42. The number of carbonyl (C=O) groups excluding carboxylic acids is 1. The number of nitrogens with zero attached hydrogens (tertiary/aromatic N) is 1. The van der Waals surface area contributed by atoms with Crippen molar-refractivity contribution < 1.29 is 14.6 Å². The summed E-state index contributed by atoms with van der Waals surface area (Å²) in [5.41, 5.74) is 8.98. The first-order chi connectivity index (χ1) is 3.55. The number of rotatable bonds is 1. The molecule has 5 N–H and O–H groups in total. The van der Waals surface area contributed by atoms with Crippen LogP contribution in [0.2, 0.25) is 0 Å². The normalized spacial score (nSPS) is 12.8. The van der Waals surface area contributed by atoms with Crippen molar-refractivity contribution in [1.29, 1.82) is 0 Å². The summed E-state index contributed by atoms with van der Waals surface area (Å²) in [5, 5.41) is 8.17. The monoisotopic (exact) mass is 139 g/mol. The Morgan fingerprint density at radius 1 is 1.75 bits per heavy atom. The first-order valence-corrected chi connectivity index (χ1v) is 3.07. The van der Waals surface area contributed by atoms with E-state index in [0.717, 1.165) is 0 Å². The lowest BCUT2D eigenvalue weighted by Crippen LogP contribution is -2.27. The molecule has 0 aromatic rings. The Balaban J connectivity index is 3.83. The van der Waals surface area contributed by atoms with Crippen molar-refractivity contribution in [2.75, 3.05) is 0 Å². The van der Waals surface area contributed by atoms with Crippen molar-refractivity contribution in [2.24, 2.45) is 11.2 Å². The predicted octanol–water partition coefficient (Wildman–Crippen LogP) is -0.895. The molecule has 0 heterocycles. The van der Waals surface area contributed by atoms with E-state index < -0.39 is 14.1 Å². The molecule has 0 aromatic carbocycles. The van der Waals surface area contributed by atoms with Gasteiger partial charge in [-0.1, -0.05) is 0 Å². The van der Waals surface area contributed by atoms with E-state index in [4.69, 9.17) is 5.21 Å².